The predicted molar refractivity (Wildman–Crippen MR) is 95.9 cm³/mol. The molecule has 0 saturated carbocycles. The Bertz CT molecular complexity index is 755. The van der Waals surface area contributed by atoms with E-state index in [9.17, 15) is 14.9 Å². The number of hydrogen-bond acceptors (Lipinski definition) is 5. The number of benzene rings is 2. The SMILES string of the molecule is COc1ccc(CSCC(=O)Nc2ccccc2Cl)cc1[N+](=O)[O-]. The van der Waals surface area contributed by atoms with Crippen LogP contribution < -0.4 is 10.1 Å². The van der Waals surface area contributed by atoms with Crippen LogP contribution in [0.4, 0.5) is 11.4 Å². The molecule has 1 N–H and O–H groups in total. The highest BCUT2D eigenvalue weighted by atomic mass is 35.5. The van der Waals surface area contributed by atoms with Crippen LogP contribution in [-0.4, -0.2) is 23.7 Å². The number of hydrogen-bond donors (Lipinski definition) is 1. The van der Waals surface area contributed by atoms with Crippen molar-refractivity contribution in [1.29, 1.82) is 0 Å². The third-order valence-corrected chi connectivity index (χ3v) is 4.42. The van der Waals surface area contributed by atoms with E-state index in [0.29, 0.717) is 16.5 Å². The molecule has 0 saturated heterocycles. The summed E-state index contributed by atoms with van der Waals surface area (Å²) >= 11 is 7.33. The maximum atomic E-state index is 11.9. The number of thioether (sulfide) groups is 1. The number of nitro benzene ring substituents is 1. The Morgan fingerprint density at radius 1 is 1.33 bits per heavy atom. The molecular formula is C16H15ClN2O4S. The Morgan fingerprint density at radius 2 is 2.08 bits per heavy atom. The van der Waals surface area contributed by atoms with Gasteiger partial charge in [-0.05, 0) is 23.8 Å². The first kappa shape index (κ1) is 18.1. The lowest BCUT2D eigenvalue weighted by Crippen LogP contribution is -2.14. The highest BCUT2D eigenvalue weighted by Gasteiger charge is 2.15. The molecule has 2 aromatic rings. The molecule has 0 unspecified atom stereocenters. The minimum Gasteiger partial charge on any atom is -0.490 e. The summed E-state index contributed by atoms with van der Waals surface area (Å²) in [5, 5.41) is 14.2. The van der Waals surface area contributed by atoms with Crippen LogP contribution in [0, 0.1) is 10.1 Å². The quantitative estimate of drug-likeness (QED) is 0.588. The van der Waals surface area contributed by atoms with Gasteiger partial charge in [0.2, 0.25) is 5.91 Å². The standard InChI is InChI=1S/C16H15ClN2O4S/c1-23-15-7-6-11(8-14(15)19(21)22)9-24-10-16(20)18-13-5-3-2-4-12(13)17/h2-8H,9-10H2,1H3,(H,18,20). The van der Waals surface area contributed by atoms with Crippen LogP contribution in [0.2, 0.25) is 5.02 Å². The Balaban J connectivity index is 1.90. The van der Waals surface area contributed by atoms with Crippen molar-refractivity contribution in [1.82, 2.24) is 0 Å². The van der Waals surface area contributed by atoms with Crippen LogP contribution in [0.5, 0.6) is 5.75 Å². The molecule has 126 valence electrons. The van der Waals surface area contributed by atoms with E-state index in [1.165, 1.54) is 24.9 Å². The topological polar surface area (TPSA) is 81.5 Å². The minimum absolute atomic E-state index is 0.0869. The molecule has 2 aromatic carbocycles. The van der Waals surface area contributed by atoms with Crippen molar-refractivity contribution >= 4 is 40.6 Å². The third kappa shape index (κ3) is 4.87. The molecule has 1 amide bonds. The maximum Gasteiger partial charge on any atom is 0.311 e. The molecule has 24 heavy (non-hydrogen) atoms. The molecule has 0 heterocycles. The van der Waals surface area contributed by atoms with Crippen LogP contribution in [0.25, 0.3) is 0 Å². The van der Waals surface area contributed by atoms with Crippen LogP contribution in [0.3, 0.4) is 0 Å². The maximum absolute atomic E-state index is 11.9. The van der Waals surface area contributed by atoms with E-state index in [0.717, 1.165) is 5.56 Å². The van der Waals surface area contributed by atoms with Crippen molar-refractivity contribution in [2.45, 2.75) is 5.75 Å². The number of anilines is 1. The highest BCUT2D eigenvalue weighted by Crippen LogP contribution is 2.29. The number of carbonyl (C=O) groups is 1. The second-order valence-electron chi connectivity index (χ2n) is 4.78. The van der Waals surface area contributed by atoms with Crippen LogP contribution in [-0.2, 0) is 10.5 Å². The summed E-state index contributed by atoms with van der Waals surface area (Å²) in [5.41, 5.74) is 1.22. The number of carbonyl (C=O) groups excluding carboxylic acids is 1. The van der Waals surface area contributed by atoms with Gasteiger partial charge in [-0.1, -0.05) is 29.8 Å². The summed E-state index contributed by atoms with van der Waals surface area (Å²) < 4.78 is 4.96. The van der Waals surface area contributed by atoms with E-state index in [2.05, 4.69) is 5.32 Å². The first-order valence-electron chi connectivity index (χ1n) is 6.94. The lowest BCUT2D eigenvalue weighted by Gasteiger charge is -2.07. The molecular weight excluding hydrogens is 352 g/mol. The number of nitrogens with one attached hydrogen (secondary N) is 1. The number of methoxy groups -OCH3 is 1. The number of nitrogens with zero attached hydrogens (tertiary/aromatic N) is 1. The molecule has 0 fully saturated rings. The van der Waals surface area contributed by atoms with Gasteiger partial charge < -0.3 is 10.1 Å². The van der Waals surface area contributed by atoms with Crippen molar-refractivity contribution in [3.8, 4) is 5.75 Å². The first-order valence-corrected chi connectivity index (χ1v) is 8.48. The van der Waals surface area contributed by atoms with E-state index in [-0.39, 0.29) is 23.1 Å². The number of halogens is 1. The summed E-state index contributed by atoms with van der Waals surface area (Å²) in [5.74, 6) is 0.715. The van der Waals surface area contributed by atoms with E-state index < -0.39 is 4.92 Å². The fraction of sp³-hybridized carbons (Fsp3) is 0.188. The van der Waals surface area contributed by atoms with Crippen molar-refractivity contribution in [2.75, 3.05) is 18.2 Å². The molecule has 0 atom stereocenters. The van der Waals surface area contributed by atoms with Gasteiger partial charge in [0.15, 0.2) is 5.75 Å². The van der Waals surface area contributed by atoms with Crippen molar-refractivity contribution < 1.29 is 14.5 Å². The Morgan fingerprint density at radius 3 is 2.75 bits per heavy atom. The number of amides is 1. The number of para-hydroxylation sites is 1. The molecule has 0 aliphatic rings. The third-order valence-electron chi connectivity index (χ3n) is 3.09. The lowest BCUT2D eigenvalue weighted by atomic mass is 10.2. The summed E-state index contributed by atoms with van der Waals surface area (Å²) in [7, 11) is 1.38. The molecule has 0 radical (unpaired) electrons. The monoisotopic (exact) mass is 366 g/mol. The second kappa shape index (κ2) is 8.56. The fourth-order valence-corrected chi connectivity index (χ4v) is 2.94. The van der Waals surface area contributed by atoms with Gasteiger partial charge in [-0.25, -0.2) is 0 Å². The Kier molecular flexibility index (Phi) is 6.45. The van der Waals surface area contributed by atoms with Gasteiger partial charge >= 0.3 is 5.69 Å². The van der Waals surface area contributed by atoms with Gasteiger partial charge in [-0.2, -0.15) is 0 Å². The molecule has 0 aliphatic carbocycles. The first-order chi connectivity index (χ1) is 11.5. The van der Waals surface area contributed by atoms with Gasteiger partial charge in [-0.15, -0.1) is 11.8 Å². The predicted octanol–water partition coefficient (Wildman–Crippen LogP) is 4.13. The fourth-order valence-electron chi connectivity index (χ4n) is 1.98. The van der Waals surface area contributed by atoms with Crippen molar-refractivity contribution in [3.05, 3.63) is 63.2 Å². The molecule has 0 aromatic heterocycles. The highest BCUT2D eigenvalue weighted by molar-refractivity contribution is 7.99. The zero-order valence-corrected chi connectivity index (χ0v) is 14.4. The van der Waals surface area contributed by atoms with Crippen LogP contribution in [0.1, 0.15) is 5.56 Å². The van der Waals surface area contributed by atoms with E-state index >= 15 is 0 Å². The Labute approximate surface area is 148 Å². The van der Waals surface area contributed by atoms with Crippen LogP contribution in [0.15, 0.2) is 42.5 Å². The van der Waals surface area contributed by atoms with Crippen molar-refractivity contribution in [2.24, 2.45) is 0 Å². The summed E-state index contributed by atoms with van der Waals surface area (Å²) in [6.45, 7) is 0. The van der Waals surface area contributed by atoms with E-state index in [4.69, 9.17) is 16.3 Å². The van der Waals surface area contributed by atoms with E-state index in [1.54, 1.807) is 36.4 Å². The van der Waals surface area contributed by atoms with Gasteiger partial charge in [0.25, 0.3) is 0 Å². The zero-order chi connectivity index (χ0) is 17.5. The van der Waals surface area contributed by atoms with Gasteiger partial charge in [-0.3, -0.25) is 14.9 Å². The molecule has 0 spiro atoms. The van der Waals surface area contributed by atoms with Gasteiger partial charge in [0.05, 0.1) is 28.5 Å². The summed E-state index contributed by atoms with van der Waals surface area (Å²) in [4.78, 5) is 22.4. The summed E-state index contributed by atoms with van der Waals surface area (Å²) in [6.07, 6.45) is 0. The normalized spacial score (nSPS) is 10.2. The average Bonchev–Trinajstić information content (AvgIpc) is 2.56. The van der Waals surface area contributed by atoms with Crippen molar-refractivity contribution in [3.63, 3.8) is 0 Å². The van der Waals surface area contributed by atoms with Gasteiger partial charge in [0.1, 0.15) is 0 Å². The van der Waals surface area contributed by atoms with E-state index in [1.807, 2.05) is 0 Å². The number of rotatable bonds is 7. The molecule has 8 heteroatoms. The molecule has 2 rings (SSSR count). The minimum atomic E-state index is -0.489. The lowest BCUT2D eigenvalue weighted by molar-refractivity contribution is -0.385. The van der Waals surface area contributed by atoms with Crippen LogP contribution >= 0.6 is 23.4 Å². The molecule has 0 aliphatic heterocycles. The smallest absolute Gasteiger partial charge is 0.311 e. The second-order valence-corrected chi connectivity index (χ2v) is 6.18. The average molecular weight is 367 g/mol. The zero-order valence-electron chi connectivity index (χ0n) is 12.8. The summed E-state index contributed by atoms with van der Waals surface area (Å²) in [6, 6.07) is 11.7. The molecule has 6 nitrogen and oxygen atoms in total. The largest absolute Gasteiger partial charge is 0.490 e. The van der Waals surface area contributed by atoms with Gasteiger partial charge in [0, 0.05) is 11.8 Å². The number of nitro groups is 1. The Hall–Kier alpha value is -2.25. The number of ether oxygens (including phenoxy) is 1. The molecule has 0 bridgehead atoms.